The van der Waals surface area contributed by atoms with Gasteiger partial charge in [0.25, 0.3) is 0 Å². The summed E-state index contributed by atoms with van der Waals surface area (Å²) in [5.41, 5.74) is 0. The Morgan fingerprint density at radius 1 is 0.857 bits per heavy atom. The van der Waals surface area contributed by atoms with Crippen molar-refractivity contribution in [3.8, 4) is 0 Å². The first-order valence-electron chi connectivity index (χ1n) is 0.756. The quantitative estimate of drug-likeness (QED) is 0.496. The monoisotopic (exact) mass is 234 g/mol. The molecule has 0 radical (unpaired) electrons. The van der Waals surface area contributed by atoms with Crippen molar-refractivity contribution in [2.24, 2.45) is 0 Å². The molecule has 0 aromatic heterocycles. The third kappa shape index (κ3) is 33.5. The van der Waals surface area contributed by atoms with Crippen molar-refractivity contribution in [3.63, 3.8) is 0 Å². The predicted molar refractivity (Wildman–Crippen MR) is 46.2 cm³/mol. The van der Waals surface area contributed by atoms with Crippen LogP contribution in [-0.4, -0.2) is 147 Å². The van der Waals surface area contributed by atoms with Crippen molar-refractivity contribution >= 4 is 167 Å². The van der Waals surface area contributed by atoms with Crippen LogP contribution in [0.4, 0.5) is 0 Å². The molecule has 0 nitrogen and oxygen atoms in total. The Labute approximate surface area is 161 Å². The first-order chi connectivity index (χ1) is 2.00. The molecule has 0 aliphatic rings. The maximum atomic E-state index is 4.83. The molecule has 0 aliphatic carbocycles. The zero-order valence-corrected chi connectivity index (χ0v) is 11.7. The van der Waals surface area contributed by atoms with E-state index in [0.717, 1.165) is 0 Å². The Morgan fingerprint density at radius 3 is 0.857 bits per heavy atom. The molecule has 0 saturated heterocycles. The van der Waals surface area contributed by atoms with Crippen molar-refractivity contribution in [1.29, 1.82) is 0 Å². The van der Waals surface area contributed by atoms with Gasteiger partial charge < -0.3 is 0 Å². The average Bonchev–Trinajstić information content (AvgIpc) is 1.50. The summed E-state index contributed by atoms with van der Waals surface area (Å²) in [6, 6.07) is 0. The summed E-state index contributed by atoms with van der Waals surface area (Å²) in [6.07, 6.45) is 0. The van der Waals surface area contributed by atoms with Gasteiger partial charge in [-0.1, -0.05) is 0 Å². The van der Waals surface area contributed by atoms with E-state index in [0.29, 0.717) is 94.3 Å². The van der Waals surface area contributed by atoms with Crippen LogP contribution in [0.5, 0.6) is 0 Å². The minimum atomic E-state index is 0. The molecular formula is H4Cl3K2MgNa. The second-order valence-corrected chi connectivity index (χ2v) is 0. The number of hydrogen-bond donors (Lipinski definition) is 0. The molecule has 0 heterocycles. The van der Waals surface area contributed by atoms with E-state index in [4.69, 9.17) is 7.53 Å². The van der Waals surface area contributed by atoms with Crippen molar-refractivity contribution in [2.75, 3.05) is 0 Å². The third-order valence-corrected chi connectivity index (χ3v) is 0. The van der Waals surface area contributed by atoms with Gasteiger partial charge in [0.15, 0.2) is 0 Å². The predicted octanol–water partition coefficient (Wildman–Crippen LogP) is -0.526. The molecule has 0 N–H and O–H groups in total. The number of hydrogen-bond acceptors (Lipinski definition) is 0. The zero-order valence-electron chi connectivity index (χ0n) is 3.16. The van der Waals surface area contributed by atoms with Crippen LogP contribution in [0.25, 0.3) is 0 Å². The summed E-state index contributed by atoms with van der Waals surface area (Å²) in [4.78, 5) is 0. The van der Waals surface area contributed by atoms with Crippen LogP contribution in [0.15, 0.2) is 0 Å². The van der Waals surface area contributed by atoms with Gasteiger partial charge in [-0.25, -0.2) is 0 Å². The molecule has 0 amide bonds. The van der Waals surface area contributed by atoms with Crippen LogP contribution in [0.3, 0.4) is 0 Å². The van der Waals surface area contributed by atoms with E-state index in [1.807, 2.05) is 0 Å². The summed E-state index contributed by atoms with van der Waals surface area (Å²) >= 11 is 1.07. The number of halogens is 3. The van der Waals surface area contributed by atoms with E-state index in [1.165, 1.54) is 0 Å². The fourth-order valence-electron chi connectivity index (χ4n) is 0. The van der Waals surface area contributed by atoms with Gasteiger partial charge >= 0.3 is 154 Å². The van der Waals surface area contributed by atoms with Gasteiger partial charge in [0.2, 0.25) is 0 Å². The van der Waals surface area contributed by atoms with Gasteiger partial charge in [-0.15, -0.1) is 12.4 Å². The van der Waals surface area contributed by atoms with Gasteiger partial charge in [-0.3, -0.25) is 0 Å². The maximum absolute atomic E-state index is 4.83. The molecule has 0 saturated carbocycles. The summed E-state index contributed by atoms with van der Waals surface area (Å²) in [5, 5.41) is 0. The molecule has 30 valence electrons. The molecule has 0 aromatic carbocycles. The Balaban J connectivity index is -0.00000000267. The van der Waals surface area contributed by atoms with E-state index in [9.17, 15) is 0 Å². The van der Waals surface area contributed by atoms with Crippen LogP contribution in [0.2, 0.25) is 0 Å². The van der Waals surface area contributed by atoms with Gasteiger partial charge in [-0.05, 0) is 0 Å². The van der Waals surface area contributed by atoms with Crippen LogP contribution in [0, 0.1) is 0 Å². The topological polar surface area (TPSA) is 0 Å². The first kappa shape index (κ1) is 29.3. The fraction of sp³-hybridized carbons (Fsp3) is 0. The summed E-state index contributed by atoms with van der Waals surface area (Å²) in [7, 11) is 0. The first-order valence-corrected chi connectivity index (χ1v) is 9.35. The van der Waals surface area contributed by atoms with Crippen molar-refractivity contribution < 1.29 is 0 Å². The molecule has 0 atom stereocenters. The van der Waals surface area contributed by atoms with Crippen LogP contribution in [-0.2, 0) is 0 Å². The number of rotatable bonds is 0. The second kappa shape index (κ2) is 40.6. The van der Waals surface area contributed by atoms with Gasteiger partial charge in [0, 0.05) is 0 Å². The molecule has 0 fully saturated rings. The van der Waals surface area contributed by atoms with E-state index >= 15 is 0 Å². The molecule has 0 unspecified atom stereocenters. The minimum absolute atomic E-state index is 0. The zero-order chi connectivity index (χ0) is 4.00. The van der Waals surface area contributed by atoms with Crippen LogP contribution >= 0.6 is 19.9 Å². The van der Waals surface area contributed by atoms with Crippen molar-refractivity contribution in [2.45, 2.75) is 0 Å². The van der Waals surface area contributed by atoms with Gasteiger partial charge in [0.1, 0.15) is 0 Å². The van der Waals surface area contributed by atoms with Crippen LogP contribution < -0.4 is 0 Å². The van der Waals surface area contributed by atoms with Crippen LogP contribution in [0.1, 0.15) is 0 Å². The van der Waals surface area contributed by atoms with Gasteiger partial charge in [0.05, 0.1) is 0 Å². The SMILES string of the molecule is Cl.[Cl][K].[Cl][K].[MgH2].[NaH]. The van der Waals surface area contributed by atoms with E-state index in [1.54, 1.807) is 0 Å². The Bertz CT molecular complexity index is 12.9. The molecule has 0 rings (SSSR count). The van der Waals surface area contributed by atoms with Gasteiger partial charge in [-0.2, -0.15) is 0 Å². The normalized spacial score (nSPS) is 2.00. The van der Waals surface area contributed by atoms with Crippen molar-refractivity contribution in [1.82, 2.24) is 0 Å². The van der Waals surface area contributed by atoms with E-state index < -0.39 is 0 Å². The molecule has 0 aliphatic heterocycles. The molecular weight excluding hydrogens is 232 g/mol. The Kier molecular flexibility index (Phi) is 170. The second-order valence-electron chi connectivity index (χ2n) is 0. The Morgan fingerprint density at radius 2 is 0.857 bits per heavy atom. The standard InChI is InChI=1S/3ClH.2K.Mg.Na.3H/h3*1H;;;;;;;/q;;;2*+1;;;;;/p-2. The molecule has 0 aromatic rings. The van der Waals surface area contributed by atoms with E-state index in [-0.39, 0.29) is 65.0 Å². The summed E-state index contributed by atoms with van der Waals surface area (Å²) < 4.78 is 9.65. The average molecular weight is 236 g/mol. The molecule has 7 heavy (non-hydrogen) atoms. The van der Waals surface area contributed by atoms with Crippen molar-refractivity contribution in [3.05, 3.63) is 0 Å². The molecule has 7 heteroatoms. The Hall–Kier alpha value is 5.91. The molecule has 0 spiro atoms. The fourth-order valence-corrected chi connectivity index (χ4v) is 0. The third-order valence-electron chi connectivity index (χ3n) is 0. The van der Waals surface area contributed by atoms with E-state index in [2.05, 4.69) is 0 Å². The summed E-state index contributed by atoms with van der Waals surface area (Å²) in [6.45, 7) is 0. The summed E-state index contributed by atoms with van der Waals surface area (Å²) in [5.74, 6) is 0. The molecule has 0 bridgehead atoms.